The zero-order valence-corrected chi connectivity index (χ0v) is 13.5. The van der Waals surface area contributed by atoms with Gasteiger partial charge in [-0.1, -0.05) is 0 Å². The van der Waals surface area contributed by atoms with E-state index < -0.39 is 5.60 Å². The number of hydrogen-bond donors (Lipinski definition) is 0. The van der Waals surface area contributed by atoms with Crippen LogP contribution in [0.15, 0.2) is 24.3 Å². The van der Waals surface area contributed by atoms with Crippen molar-refractivity contribution in [1.29, 1.82) is 0 Å². The van der Waals surface area contributed by atoms with Crippen LogP contribution < -0.4 is 4.74 Å². The van der Waals surface area contributed by atoms with Gasteiger partial charge in [0.05, 0.1) is 0 Å². The lowest BCUT2D eigenvalue weighted by Crippen LogP contribution is -2.48. The summed E-state index contributed by atoms with van der Waals surface area (Å²) < 4.78 is 6.95. The Balaban J connectivity index is 2.80. The van der Waals surface area contributed by atoms with Gasteiger partial charge in [0.25, 0.3) is 5.91 Å². The fraction of sp³-hybridized carbons (Fsp3) is 0.500. The molecule has 0 saturated heterocycles. The van der Waals surface area contributed by atoms with Gasteiger partial charge in [-0.3, -0.25) is 4.79 Å². The standard InChI is InChI=1S/C14H20INO2/c1-5-16(6-2)13(17)14(3,4)18-12-9-7-11(15)8-10-12/h7-10H,5-6H2,1-4H3. The van der Waals surface area contributed by atoms with E-state index in [4.69, 9.17) is 4.74 Å². The number of ether oxygens (including phenoxy) is 1. The van der Waals surface area contributed by atoms with E-state index in [1.165, 1.54) is 0 Å². The molecular formula is C14H20INO2. The molecule has 0 saturated carbocycles. The molecule has 100 valence electrons. The first kappa shape index (κ1) is 15.3. The molecule has 3 nitrogen and oxygen atoms in total. The molecule has 0 aliphatic heterocycles. The van der Waals surface area contributed by atoms with E-state index in [1.807, 2.05) is 52.0 Å². The van der Waals surface area contributed by atoms with Crippen molar-refractivity contribution in [3.63, 3.8) is 0 Å². The summed E-state index contributed by atoms with van der Waals surface area (Å²) in [5.41, 5.74) is -0.835. The second kappa shape index (κ2) is 6.41. The van der Waals surface area contributed by atoms with Gasteiger partial charge in [0.15, 0.2) is 5.60 Å². The van der Waals surface area contributed by atoms with Gasteiger partial charge in [-0.2, -0.15) is 0 Å². The molecule has 1 amide bonds. The Morgan fingerprint density at radius 1 is 1.22 bits per heavy atom. The number of halogens is 1. The van der Waals surface area contributed by atoms with Gasteiger partial charge >= 0.3 is 0 Å². The van der Waals surface area contributed by atoms with Crippen molar-refractivity contribution in [1.82, 2.24) is 4.90 Å². The molecular weight excluding hydrogens is 341 g/mol. The Labute approximate surface area is 123 Å². The van der Waals surface area contributed by atoms with Gasteiger partial charge in [-0.05, 0) is 74.6 Å². The summed E-state index contributed by atoms with van der Waals surface area (Å²) in [5.74, 6) is 0.743. The Kier molecular flexibility index (Phi) is 5.44. The van der Waals surface area contributed by atoms with E-state index in [0.717, 1.165) is 9.32 Å². The number of carbonyl (C=O) groups is 1. The molecule has 0 aromatic heterocycles. The molecule has 0 atom stereocenters. The summed E-state index contributed by atoms with van der Waals surface area (Å²) in [6.07, 6.45) is 0. The minimum atomic E-state index is -0.835. The Morgan fingerprint density at radius 2 is 1.72 bits per heavy atom. The average Bonchev–Trinajstić information content (AvgIpc) is 2.33. The molecule has 0 heterocycles. The summed E-state index contributed by atoms with van der Waals surface area (Å²) in [6, 6.07) is 7.71. The molecule has 4 heteroatoms. The third kappa shape index (κ3) is 3.86. The van der Waals surface area contributed by atoms with Gasteiger partial charge in [-0.25, -0.2) is 0 Å². The number of likely N-dealkylation sites (N-methyl/N-ethyl adjacent to an activating group) is 1. The predicted molar refractivity (Wildman–Crippen MR) is 81.8 cm³/mol. The summed E-state index contributed by atoms with van der Waals surface area (Å²) in [5, 5.41) is 0. The molecule has 1 aromatic carbocycles. The topological polar surface area (TPSA) is 29.5 Å². The number of rotatable bonds is 5. The van der Waals surface area contributed by atoms with Crippen molar-refractivity contribution in [2.45, 2.75) is 33.3 Å². The third-order valence-corrected chi connectivity index (χ3v) is 3.47. The van der Waals surface area contributed by atoms with Crippen LogP contribution >= 0.6 is 22.6 Å². The average molecular weight is 361 g/mol. The minimum Gasteiger partial charge on any atom is -0.478 e. The minimum absolute atomic E-state index is 0.0195. The number of benzene rings is 1. The zero-order chi connectivity index (χ0) is 13.8. The van der Waals surface area contributed by atoms with Gasteiger partial charge in [0.2, 0.25) is 0 Å². The number of nitrogens with zero attached hydrogens (tertiary/aromatic N) is 1. The second-order valence-electron chi connectivity index (χ2n) is 4.54. The lowest BCUT2D eigenvalue weighted by Gasteiger charge is -2.31. The summed E-state index contributed by atoms with van der Waals surface area (Å²) in [6.45, 7) is 8.98. The molecule has 0 radical (unpaired) electrons. The monoisotopic (exact) mass is 361 g/mol. The van der Waals surface area contributed by atoms with Crippen LogP contribution in [0.25, 0.3) is 0 Å². The zero-order valence-electron chi connectivity index (χ0n) is 11.4. The van der Waals surface area contributed by atoms with Crippen molar-refractivity contribution in [2.75, 3.05) is 13.1 Å². The highest BCUT2D eigenvalue weighted by Crippen LogP contribution is 2.21. The van der Waals surface area contributed by atoms with Crippen molar-refractivity contribution in [2.24, 2.45) is 0 Å². The molecule has 0 aliphatic carbocycles. The van der Waals surface area contributed by atoms with Crippen molar-refractivity contribution in [3.8, 4) is 5.75 Å². The van der Waals surface area contributed by atoms with E-state index in [-0.39, 0.29) is 5.91 Å². The van der Waals surface area contributed by atoms with Gasteiger partial charge in [-0.15, -0.1) is 0 Å². The first-order valence-electron chi connectivity index (χ1n) is 6.14. The fourth-order valence-electron chi connectivity index (χ4n) is 1.73. The molecule has 0 unspecified atom stereocenters. The number of hydrogen-bond acceptors (Lipinski definition) is 2. The lowest BCUT2D eigenvalue weighted by atomic mass is 10.1. The Bertz CT molecular complexity index is 397. The normalized spacial score (nSPS) is 11.2. The molecule has 0 bridgehead atoms. The van der Waals surface area contributed by atoms with Crippen molar-refractivity contribution >= 4 is 28.5 Å². The van der Waals surface area contributed by atoms with E-state index in [0.29, 0.717) is 13.1 Å². The van der Waals surface area contributed by atoms with Crippen LogP contribution in [0.5, 0.6) is 5.75 Å². The molecule has 0 fully saturated rings. The first-order valence-corrected chi connectivity index (χ1v) is 7.22. The third-order valence-electron chi connectivity index (χ3n) is 2.75. The molecule has 0 spiro atoms. The number of carbonyl (C=O) groups excluding carboxylic acids is 1. The van der Waals surface area contributed by atoms with Crippen LogP contribution in [0.2, 0.25) is 0 Å². The van der Waals surface area contributed by atoms with E-state index >= 15 is 0 Å². The summed E-state index contributed by atoms with van der Waals surface area (Å²) >= 11 is 2.24. The SMILES string of the molecule is CCN(CC)C(=O)C(C)(C)Oc1ccc(I)cc1. The fourth-order valence-corrected chi connectivity index (χ4v) is 2.09. The van der Waals surface area contributed by atoms with E-state index in [2.05, 4.69) is 22.6 Å². The Hall–Kier alpha value is -0.780. The van der Waals surface area contributed by atoms with Crippen LogP contribution in [-0.4, -0.2) is 29.5 Å². The largest absolute Gasteiger partial charge is 0.478 e. The molecule has 0 N–H and O–H groups in total. The summed E-state index contributed by atoms with van der Waals surface area (Å²) in [4.78, 5) is 14.1. The van der Waals surface area contributed by atoms with Gasteiger partial charge in [0.1, 0.15) is 5.75 Å². The Morgan fingerprint density at radius 3 is 2.17 bits per heavy atom. The van der Waals surface area contributed by atoms with Gasteiger partial charge in [0, 0.05) is 16.7 Å². The highest BCUT2D eigenvalue weighted by atomic mass is 127. The quantitative estimate of drug-likeness (QED) is 0.753. The van der Waals surface area contributed by atoms with E-state index in [1.54, 1.807) is 4.90 Å². The van der Waals surface area contributed by atoms with Crippen LogP contribution in [-0.2, 0) is 4.79 Å². The molecule has 18 heavy (non-hydrogen) atoms. The predicted octanol–water partition coefficient (Wildman–Crippen LogP) is 3.32. The molecule has 1 aromatic rings. The van der Waals surface area contributed by atoms with Gasteiger partial charge < -0.3 is 9.64 Å². The smallest absolute Gasteiger partial charge is 0.266 e. The maximum atomic E-state index is 12.3. The highest BCUT2D eigenvalue weighted by Gasteiger charge is 2.33. The van der Waals surface area contributed by atoms with E-state index in [9.17, 15) is 4.79 Å². The van der Waals surface area contributed by atoms with Crippen LogP contribution in [0.1, 0.15) is 27.7 Å². The van der Waals surface area contributed by atoms with Crippen molar-refractivity contribution in [3.05, 3.63) is 27.8 Å². The maximum absolute atomic E-state index is 12.3. The second-order valence-corrected chi connectivity index (χ2v) is 5.79. The number of amides is 1. The van der Waals surface area contributed by atoms with Crippen LogP contribution in [0, 0.1) is 3.57 Å². The first-order chi connectivity index (χ1) is 8.40. The van der Waals surface area contributed by atoms with Crippen molar-refractivity contribution < 1.29 is 9.53 Å². The molecule has 1 rings (SSSR count). The molecule has 0 aliphatic rings. The van der Waals surface area contributed by atoms with Crippen LogP contribution in [0.4, 0.5) is 0 Å². The highest BCUT2D eigenvalue weighted by molar-refractivity contribution is 14.1. The maximum Gasteiger partial charge on any atom is 0.266 e. The van der Waals surface area contributed by atoms with Crippen LogP contribution in [0.3, 0.4) is 0 Å². The summed E-state index contributed by atoms with van der Waals surface area (Å²) in [7, 11) is 0. The lowest BCUT2D eigenvalue weighted by molar-refractivity contribution is -0.145.